The van der Waals surface area contributed by atoms with Gasteiger partial charge >= 0.3 is 5.69 Å². The summed E-state index contributed by atoms with van der Waals surface area (Å²) in [6.45, 7) is -0.102. The third-order valence-corrected chi connectivity index (χ3v) is 2.17. The minimum absolute atomic E-state index is 0.00375. The predicted octanol–water partition coefficient (Wildman–Crippen LogP) is 0.798. The van der Waals surface area contributed by atoms with Crippen molar-refractivity contribution in [1.29, 1.82) is 0 Å². The number of nitro benzene ring substituents is 1. The van der Waals surface area contributed by atoms with E-state index in [-0.39, 0.29) is 18.7 Å². The SMILES string of the molecule is CN(CCO)C(=O)c1ccc([N+](=O)[O-])c(F)c1. The Balaban J connectivity index is 2.97. The van der Waals surface area contributed by atoms with Crippen LogP contribution in [0, 0.1) is 15.9 Å². The number of aliphatic hydroxyl groups is 1. The molecule has 0 aliphatic rings. The fourth-order valence-electron chi connectivity index (χ4n) is 1.26. The minimum atomic E-state index is -1.06. The van der Waals surface area contributed by atoms with Crippen molar-refractivity contribution in [2.75, 3.05) is 20.2 Å². The maximum atomic E-state index is 13.2. The average molecular weight is 242 g/mol. The Labute approximate surface area is 96.4 Å². The van der Waals surface area contributed by atoms with Gasteiger partial charge in [0.25, 0.3) is 5.91 Å². The zero-order valence-corrected chi connectivity index (χ0v) is 9.09. The zero-order valence-electron chi connectivity index (χ0n) is 9.09. The van der Waals surface area contributed by atoms with E-state index in [4.69, 9.17) is 5.11 Å². The molecule has 6 nitrogen and oxygen atoms in total. The van der Waals surface area contributed by atoms with Crippen LogP contribution in [0.3, 0.4) is 0 Å². The van der Waals surface area contributed by atoms with E-state index in [0.717, 1.165) is 12.1 Å². The first kappa shape index (κ1) is 13.0. The molecule has 0 fully saturated rings. The molecule has 0 radical (unpaired) electrons. The van der Waals surface area contributed by atoms with Gasteiger partial charge in [0.05, 0.1) is 11.5 Å². The number of carbonyl (C=O) groups is 1. The lowest BCUT2D eigenvalue weighted by Crippen LogP contribution is -2.29. The van der Waals surface area contributed by atoms with Crippen molar-refractivity contribution in [3.05, 3.63) is 39.7 Å². The number of nitrogens with zero attached hydrogens (tertiary/aromatic N) is 2. The Morgan fingerprint density at radius 3 is 2.71 bits per heavy atom. The highest BCUT2D eigenvalue weighted by molar-refractivity contribution is 5.94. The highest BCUT2D eigenvalue weighted by atomic mass is 19.1. The number of aliphatic hydroxyl groups excluding tert-OH is 1. The van der Waals surface area contributed by atoms with E-state index in [9.17, 15) is 19.3 Å². The number of amides is 1. The van der Waals surface area contributed by atoms with Crippen molar-refractivity contribution in [2.45, 2.75) is 0 Å². The fourth-order valence-corrected chi connectivity index (χ4v) is 1.26. The van der Waals surface area contributed by atoms with Crippen LogP contribution in [0.15, 0.2) is 18.2 Å². The lowest BCUT2D eigenvalue weighted by Gasteiger charge is -2.15. The molecule has 0 saturated carbocycles. The van der Waals surface area contributed by atoms with Crippen LogP contribution in [-0.2, 0) is 0 Å². The smallest absolute Gasteiger partial charge is 0.304 e. The Morgan fingerprint density at radius 2 is 2.24 bits per heavy atom. The summed E-state index contributed by atoms with van der Waals surface area (Å²) in [5.74, 6) is -1.56. The van der Waals surface area contributed by atoms with Gasteiger partial charge in [-0.15, -0.1) is 0 Å². The maximum absolute atomic E-state index is 13.2. The molecule has 0 aromatic heterocycles. The molecular weight excluding hydrogens is 231 g/mol. The largest absolute Gasteiger partial charge is 0.395 e. The van der Waals surface area contributed by atoms with E-state index in [1.165, 1.54) is 18.0 Å². The van der Waals surface area contributed by atoms with Crippen molar-refractivity contribution >= 4 is 11.6 Å². The van der Waals surface area contributed by atoms with Crippen molar-refractivity contribution in [3.8, 4) is 0 Å². The van der Waals surface area contributed by atoms with Gasteiger partial charge in [-0.05, 0) is 12.1 Å². The lowest BCUT2D eigenvalue weighted by molar-refractivity contribution is -0.387. The molecule has 0 heterocycles. The molecular formula is C10H11FN2O4. The molecule has 17 heavy (non-hydrogen) atoms. The van der Waals surface area contributed by atoms with E-state index in [1.54, 1.807) is 0 Å². The second kappa shape index (κ2) is 5.35. The van der Waals surface area contributed by atoms with E-state index in [0.29, 0.717) is 0 Å². The van der Waals surface area contributed by atoms with E-state index < -0.39 is 22.3 Å². The normalized spacial score (nSPS) is 10.1. The number of rotatable bonds is 4. The number of nitro groups is 1. The minimum Gasteiger partial charge on any atom is -0.395 e. The molecule has 0 aliphatic carbocycles. The molecule has 1 rings (SSSR count). The number of likely N-dealkylation sites (N-methyl/N-ethyl adjacent to an activating group) is 1. The highest BCUT2D eigenvalue weighted by Crippen LogP contribution is 2.18. The molecule has 0 unspecified atom stereocenters. The summed E-state index contributed by atoms with van der Waals surface area (Å²) in [6.07, 6.45) is 0. The first-order valence-corrected chi connectivity index (χ1v) is 4.77. The van der Waals surface area contributed by atoms with Crippen LogP contribution in [0.2, 0.25) is 0 Å². The molecule has 1 aromatic rings. The summed E-state index contributed by atoms with van der Waals surface area (Å²) in [6, 6.07) is 2.93. The van der Waals surface area contributed by atoms with Gasteiger partial charge in [0.15, 0.2) is 0 Å². The molecule has 0 saturated heterocycles. The van der Waals surface area contributed by atoms with Gasteiger partial charge in [-0.25, -0.2) is 0 Å². The Bertz CT molecular complexity index is 450. The zero-order chi connectivity index (χ0) is 13.0. The predicted molar refractivity (Wildman–Crippen MR) is 57.1 cm³/mol. The second-order valence-electron chi connectivity index (χ2n) is 3.37. The Hall–Kier alpha value is -2.02. The topological polar surface area (TPSA) is 83.7 Å². The van der Waals surface area contributed by atoms with Crippen LogP contribution in [0.25, 0.3) is 0 Å². The van der Waals surface area contributed by atoms with Crippen LogP contribution in [0.1, 0.15) is 10.4 Å². The van der Waals surface area contributed by atoms with Gasteiger partial charge in [0.1, 0.15) is 0 Å². The number of hydrogen-bond acceptors (Lipinski definition) is 4. The van der Waals surface area contributed by atoms with Crippen LogP contribution in [0.5, 0.6) is 0 Å². The first-order chi connectivity index (χ1) is 7.97. The van der Waals surface area contributed by atoms with E-state index >= 15 is 0 Å². The summed E-state index contributed by atoms with van der Waals surface area (Å²) in [4.78, 5) is 22.4. The molecule has 0 atom stereocenters. The van der Waals surface area contributed by atoms with Gasteiger partial charge in [0, 0.05) is 25.2 Å². The Morgan fingerprint density at radius 1 is 1.59 bits per heavy atom. The van der Waals surface area contributed by atoms with Crippen LogP contribution < -0.4 is 0 Å². The molecule has 0 bridgehead atoms. The van der Waals surface area contributed by atoms with E-state index in [2.05, 4.69) is 0 Å². The molecule has 1 aromatic carbocycles. The number of carbonyl (C=O) groups excluding carboxylic acids is 1. The Kier molecular flexibility index (Phi) is 4.11. The summed E-state index contributed by atoms with van der Waals surface area (Å²) in [7, 11) is 1.44. The molecule has 0 spiro atoms. The van der Waals surface area contributed by atoms with Crippen molar-refractivity contribution in [2.24, 2.45) is 0 Å². The van der Waals surface area contributed by atoms with Gasteiger partial charge in [0.2, 0.25) is 5.82 Å². The van der Waals surface area contributed by atoms with Gasteiger partial charge < -0.3 is 10.0 Å². The lowest BCUT2D eigenvalue weighted by atomic mass is 10.1. The van der Waals surface area contributed by atoms with Crippen molar-refractivity contribution in [1.82, 2.24) is 4.90 Å². The highest BCUT2D eigenvalue weighted by Gasteiger charge is 2.18. The number of benzene rings is 1. The summed E-state index contributed by atoms with van der Waals surface area (Å²) in [5.41, 5.74) is -0.671. The standard InChI is InChI=1S/C10H11FN2O4/c1-12(4-5-14)10(15)7-2-3-9(13(16)17)8(11)6-7/h2-3,6,14H,4-5H2,1H3. The summed E-state index contributed by atoms with van der Waals surface area (Å²) < 4.78 is 13.2. The fraction of sp³-hybridized carbons (Fsp3) is 0.300. The second-order valence-corrected chi connectivity index (χ2v) is 3.37. The molecule has 7 heteroatoms. The quantitative estimate of drug-likeness (QED) is 0.625. The monoisotopic (exact) mass is 242 g/mol. The number of hydrogen-bond donors (Lipinski definition) is 1. The summed E-state index contributed by atoms with van der Waals surface area (Å²) in [5, 5.41) is 19.0. The van der Waals surface area contributed by atoms with Gasteiger partial charge in [-0.1, -0.05) is 0 Å². The summed E-state index contributed by atoms with van der Waals surface area (Å²) >= 11 is 0. The third-order valence-electron chi connectivity index (χ3n) is 2.17. The average Bonchev–Trinajstić information content (AvgIpc) is 2.27. The maximum Gasteiger partial charge on any atom is 0.304 e. The van der Waals surface area contributed by atoms with Gasteiger partial charge in [-0.3, -0.25) is 14.9 Å². The van der Waals surface area contributed by atoms with Crippen LogP contribution >= 0.6 is 0 Å². The van der Waals surface area contributed by atoms with Crippen LogP contribution in [-0.4, -0.2) is 41.0 Å². The molecule has 1 amide bonds. The van der Waals surface area contributed by atoms with Crippen LogP contribution in [0.4, 0.5) is 10.1 Å². The number of halogens is 1. The van der Waals surface area contributed by atoms with Crippen molar-refractivity contribution < 1.29 is 19.2 Å². The van der Waals surface area contributed by atoms with Crippen molar-refractivity contribution in [3.63, 3.8) is 0 Å². The first-order valence-electron chi connectivity index (χ1n) is 4.77. The van der Waals surface area contributed by atoms with E-state index in [1.807, 2.05) is 0 Å². The van der Waals surface area contributed by atoms with Gasteiger partial charge in [-0.2, -0.15) is 4.39 Å². The molecule has 0 aliphatic heterocycles. The molecule has 1 N–H and O–H groups in total. The third kappa shape index (κ3) is 2.97. The molecule has 92 valence electrons.